The van der Waals surface area contributed by atoms with E-state index in [0.29, 0.717) is 0 Å². The molecule has 3 saturated heterocycles. The van der Waals surface area contributed by atoms with E-state index >= 15 is 0 Å². The van der Waals surface area contributed by atoms with E-state index in [1.807, 2.05) is 0 Å². The maximum atomic E-state index is 11.9. The maximum absolute atomic E-state index is 11.9. The zero-order valence-electron chi connectivity index (χ0n) is 27.1. The molecule has 19 atom stereocenters. The second kappa shape index (κ2) is 18.8. The molecule has 51 heavy (non-hydrogen) atoms. The van der Waals surface area contributed by atoms with Gasteiger partial charge in [0.15, 0.2) is 18.9 Å². The number of carbonyl (C=O) groups excluding carboxylic acids is 1. The van der Waals surface area contributed by atoms with Crippen molar-refractivity contribution in [2.24, 2.45) is 0 Å². The van der Waals surface area contributed by atoms with Gasteiger partial charge in [0.1, 0.15) is 85.5 Å². The first-order valence-electron chi connectivity index (χ1n) is 15.5. The van der Waals surface area contributed by atoms with Gasteiger partial charge in [-0.05, 0) is 6.92 Å². The van der Waals surface area contributed by atoms with Crippen molar-refractivity contribution >= 4 is 16.3 Å². The highest BCUT2D eigenvalue weighted by molar-refractivity contribution is 7.80. The van der Waals surface area contributed by atoms with Crippen molar-refractivity contribution in [2.75, 3.05) is 26.4 Å². The Morgan fingerprint density at radius 3 is 1.82 bits per heavy atom. The van der Waals surface area contributed by atoms with Crippen LogP contribution in [0.3, 0.4) is 0 Å². The number of rotatable bonds is 16. The standard InChI is InChI=1S/C26H47NO23S/c1-7-13(34)16(37)17(38)24(44-7)49-23-18(39)21(48-25-19(40)22(50-51(41,42)43)15(36)11(5-30)45-25)12(6-31)46-26(23)47-20(14(35)10(33)4-29)9(3-28)27-8(2)32/h7,9-26,28-31,33-40H,3-6H2,1-2H3,(H,27,32)(H,41,42,43)/t7-,9-,10+,11+,12+,13+,14-,15-,16+,17-,18-,19+,20+,21-,22-,23+,24-,25-,26-/m0/s1. The van der Waals surface area contributed by atoms with Gasteiger partial charge in [0, 0.05) is 6.92 Å². The molecular weight excluding hydrogens is 726 g/mol. The summed E-state index contributed by atoms with van der Waals surface area (Å²) in [6.45, 7) is -1.80. The van der Waals surface area contributed by atoms with Crippen molar-refractivity contribution in [3.8, 4) is 0 Å². The number of nitrogens with one attached hydrogen (secondary N) is 1. The Labute approximate surface area is 290 Å². The van der Waals surface area contributed by atoms with E-state index in [9.17, 15) is 74.5 Å². The molecule has 0 aliphatic carbocycles. The smallest absolute Gasteiger partial charge is 0.394 e. The number of ether oxygens (including phenoxy) is 6. The van der Waals surface area contributed by atoms with Crippen LogP contribution in [-0.4, -0.2) is 223 Å². The molecule has 14 N–H and O–H groups in total. The predicted octanol–water partition coefficient (Wildman–Crippen LogP) is -9.11. The number of hydrogen-bond acceptors (Lipinski definition) is 22. The highest BCUT2D eigenvalue weighted by Crippen LogP contribution is 2.35. The molecular formula is C26H47NO23S. The number of carbonyl (C=O) groups is 1. The highest BCUT2D eigenvalue weighted by atomic mass is 32.3. The topological polar surface area (TPSA) is 391 Å². The molecule has 0 aromatic carbocycles. The van der Waals surface area contributed by atoms with Crippen molar-refractivity contribution in [1.29, 1.82) is 0 Å². The van der Waals surface area contributed by atoms with Gasteiger partial charge in [-0.3, -0.25) is 9.35 Å². The molecule has 0 spiro atoms. The molecule has 25 heteroatoms. The number of aliphatic hydroxyl groups excluding tert-OH is 12. The average Bonchev–Trinajstić information content (AvgIpc) is 3.07. The second-order valence-electron chi connectivity index (χ2n) is 12.1. The van der Waals surface area contributed by atoms with Crippen LogP contribution in [-0.2, 0) is 47.8 Å². The minimum absolute atomic E-state index is 0.763. The first-order valence-corrected chi connectivity index (χ1v) is 16.9. The van der Waals surface area contributed by atoms with Crippen LogP contribution in [0.4, 0.5) is 0 Å². The van der Waals surface area contributed by atoms with Gasteiger partial charge in [-0.15, -0.1) is 0 Å². The van der Waals surface area contributed by atoms with E-state index in [1.165, 1.54) is 6.92 Å². The Kier molecular flexibility index (Phi) is 16.2. The molecule has 3 heterocycles. The molecule has 0 bridgehead atoms. The molecule has 3 rings (SSSR count). The lowest BCUT2D eigenvalue weighted by molar-refractivity contribution is -0.391. The molecule has 0 aromatic rings. The predicted molar refractivity (Wildman–Crippen MR) is 157 cm³/mol. The van der Waals surface area contributed by atoms with Crippen molar-refractivity contribution in [2.45, 2.75) is 130 Å². The van der Waals surface area contributed by atoms with Crippen LogP contribution in [0, 0.1) is 0 Å². The fourth-order valence-electron chi connectivity index (χ4n) is 5.71. The quantitative estimate of drug-likeness (QED) is 0.0647. The maximum Gasteiger partial charge on any atom is 0.397 e. The molecule has 0 aromatic heterocycles. The van der Waals surface area contributed by atoms with Crippen LogP contribution in [0.25, 0.3) is 0 Å². The van der Waals surface area contributed by atoms with Crippen molar-refractivity contribution in [1.82, 2.24) is 5.32 Å². The van der Waals surface area contributed by atoms with Gasteiger partial charge < -0.3 is 95.0 Å². The van der Waals surface area contributed by atoms with E-state index in [2.05, 4.69) is 9.50 Å². The minimum atomic E-state index is -5.34. The fourth-order valence-corrected chi connectivity index (χ4v) is 6.22. The summed E-state index contributed by atoms with van der Waals surface area (Å²) in [7, 11) is -5.34. The summed E-state index contributed by atoms with van der Waals surface area (Å²) in [5.74, 6) is -0.763. The second-order valence-corrected chi connectivity index (χ2v) is 13.2. The van der Waals surface area contributed by atoms with Crippen LogP contribution in [0.15, 0.2) is 0 Å². The van der Waals surface area contributed by atoms with Crippen LogP contribution in [0.1, 0.15) is 13.8 Å². The number of aliphatic hydroxyl groups is 12. The lowest BCUT2D eigenvalue weighted by Gasteiger charge is -2.49. The van der Waals surface area contributed by atoms with Gasteiger partial charge in [0.05, 0.1) is 38.6 Å². The summed E-state index contributed by atoms with van der Waals surface area (Å²) < 4.78 is 70.0. The van der Waals surface area contributed by atoms with Gasteiger partial charge in [-0.1, -0.05) is 0 Å². The highest BCUT2D eigenvalue weighted by Gasteiger charge is 2.55. The lowest BCUT2D eigenvalue weighted by Crippen LogP contribution is -2.68. The van der Waals surface area contributed by atoms with Gasteiger partial charge in [0.25, 0.3) is 0 Å². The third-order valence-electron chi connectivity index (χ3n) is 8.43. The first kappa shape index (κ1) is 44.0. The van der Waals surface area contributed by atoms with E-state index < -0.39 is 159 Å². The van der Waals surface area contributed by atoms with Gasteiger partial charge >= 0.3 is 10.4 Å². The van der Waals surface area contributed by atoms with Crippen LogP contribution >= 0.6 is 0 Å². The van der Waals surface area contributed by atoms with E-state index in [-0.39, 0.29) is 0 Å². The Hall–Kier alpha value is -1.38. The third kappa shape index (κ3) is 10.6. The van der Waals surface area contributed by atoms with Crippen molar-refractivity contribution in [3.05, 3.63) is 0 Å². The zero-order valence-corrected chi connectivity index (χ0v) is 27.9. The first-order chi connectivity index (χ1) is 23.8. The summed E-state index contributed by atoms with van der Waals surface area (Å²) in [6, 6.07) is -1.55. The largest absolute Gasteiger partial charge is 0.397 e. The van der Waals surface area contributed by atoms with Gasteiger partial charge in [-0.25, -0.2) is 4.18 Å². The normalized spacial score (nSPS) is 41.7. The van der Waals surface area contributed by atoms with Crippen LogP contribution in [0.2, 0.25) is 0 Å². The molecule has 3 aliphatic rings. The lowest BCUT2D eigenvalue weighted by atomic mass is 9.95. The molecule has 24 nitrogen and oxygen atoms in total. The number of hydrogen-bond donors (Lipinski definition) is 14. The monoisotopic (exact) mass is 773 g/mol. The van der Waals surface area contributed by atoms with E-state index in [1.54, 1.807) is 0 Å². The number of amides is 1. The third-order valence-corrected chi connectivity index (χ3v) is 8.90. The van der Waals surface area contributed by atoms with Gasteiger partial charge in [-0.2, -0.15) is 8.42 Å². The SMILES string of the molecule is CC(=O)N[C@@H](CO)[C@@H](O[C@@H]1O[C@H](CO)[C@H](O[C@@H]2O[C@H](CO)[C@H](O)[C@H](OS(=O)(=O)O)[C@H]2O)[C@H](O)[C@H]1O[C@@H]1O[C@@H](C)[C@@H](O)[C@@H](O)[C@@H]1O)[C@@H](O)[C@H](O)CO. The summed E-state index contributed by atoms with van der Waals surface area (Å²) in [5.41, 5.74) is 0. The molecule has 0 saturated carbocycles. The Morgan fingerprint density at radius 1 is 0.725 bits per heavy atom. The van der Waals surface area contributed by atoms with Crippen molar-refractivity contribution < 1.29 is 112 Å². The average molecular weight is 774 g/mol. The summed E-state index contributed by atoms with van der Waals surface area (Å²) in [4.78, 5) is 11.9. The molecule has 0 radical (unpaired) electrons. The zero-order chi connectivity index (χ0) is 38.5. The van der Waals surface area contributed by atoms with Crippen molar-refractivity contribution in [3.63, 3.8) is 0 Å². The molecule has 300 valence electrons. The van der Waals surface area contributed by atoms with E-state index in [0.717, 1.165) is 6.92 Å². The Morgan fingerprint density at radius 2 is 1.29 bits per heavy atom. The summed E-state index contributed by atoms with van der Waals surface area (Å²) >= 11 is 0. The molecule has 3 fully saturated rings. The molecule has 0 unspecified atom stereocenters. The van der Waals surface area contributed by atoms with Crippen LogP contribution in [0.5, 0.6) is 0 Å². The Bertz CT molecular complexity index is 1200. The fraction of sp³-hybridized carbons (Fsp3) is 0.962. The van der Waals surface area contributed by atoms with Gasteiger partial charge in [0.2, 0.25) is 5.91 Å². The molecule has 1 amide bonds. The molecule has 3 aliphatic heterocycles. The summed E-state index contributed by atoms with van der Waals surface area (Å²) in [5, 5.41) is 127. The van der Waals surface area contributed by atoms with Crippen LogP contribution < -0.4 is 5.32 Å². The van der Waals surface area contributed by atoms with E-state index in [4.69, 9.17) is 33.0 Å². The summed E-state index contributed by atoms with van der Waals surface area (Å²) in [6.07, 6.45) is -35.1. The minimum Gasteiger partial charge on any atom is -0.394 e. The Balaban J connectivity index is 2.04.